The van der Waals surface area contributed by atoms with Gasteiger partial charge >= 0.3 is 0 Å². The fraction of sp³-hybridized carbons (Fsp3) is 0.261. The highest BCUT2D eigenvalue weighted by Crippen LogP contribution is 2.32. The maximum atomic E-state index is 12.8. The molecular formula is C23H22ClN3O5. The molecular weight excluding hydrogens is 434 g/mol. The van der Waals surface area contributed by atoms with Gasteiger partial charge in [0.25, 0.3) is 5.91 Å². The molecule has 166 valence electrons. The van der Waals surface area contributed by atoms with Gasteiger partial charge in [-0.2, -0.15) is 0 Å². The summed E-state index contributed by atoms with van der Waals surface area (Å²) in [6.45, 7) is 4.17. The van der Waals surface area contributed by atoms with Gasteiger partial charge in [-0.25, -0.2) is 0 Å². The first kappa shape index (κ1) is 21.7. The van der Waals surface area contributed by atoms with Crippen LogP contribution in [0.15, 0.2) is 53.1 Å². The van der Waals surface area contributed by atoms with Crippen LogP contribution >= 0.6 is 11.6 Å². The maximum Gasteiger partial charge on any atom is 0.274 e. The second kappa shape index (κ2) is 9.32. The van der Waals surface area contributed by atoms with E-state index in [0.717, 1.165) is 5.56 Å². The van der Waals surface area contributed by atoms with Gasteiger partial charge in [0.05, 0.1) is 5.02 Å². The molecule has 2 amide bonds. The molecule has 0 aliphatic carbocycles. The Hall–Kier alpha value is -3.52. The number of ether oxygens (including phenoxy) is 2. The van der Waals surface area contributed by atoms with Crippen LogP contribution in [-0.4, -0.2) is 29.8 Å². The van der Waals surface area contributed by atoms with Gasteiger partial charge in [-0.3, -0.25) is 9.59 Å². The lowest BCUT2D eigenvalue weighted by molar-refractivity contribution is -0.124. The number of fused-ring (bicyclic) bond motifs is 1. The maximum absolute atomic E-state index is 12.8. The van der Waals surface area contributed by atoms with E-state index in [4.69, 9.17) is 25.6 Å². The summed E-state index contributed by atoms with van der Waals surface area (Å²) in [6, 6.07) is 13.3. The van der Waals surface area contributed by atoms with Crippen LogP contribution in [0.5, 0.6) is 11.5 Å². The minimum absolute atomic E-state index is 0.0640. The molecule has 1 aliphatic heterocycles. The van der Waals surface area contributed by atoms with Crippen LogP contribution in [0.1, 0.15) is 29.9 Å². The molecule has 0 spiro atoms. The predicted molar refractivity (Wildman–Crippen MR) is 117 cm³/mol. The van der Waals surface area contributed by atoms with Crippen molar-refractivity contribution in [3.8, 4) is 22.8 Å². The SMILES string of the molecule is CC(C)C(NC(=O)c1cc(-c2ccccc2Cl)on1)C(=O)NCc1ccc2c(c1)OCO2. The van der Waals surface area contributed by atoms with Crippen LogP contribution in [0.3, 0.4) is 0 Å². The zero-order valence-electron chi connectivity index (χ0n) is 17.6. The Morgan fingerprint density at radius 1 is 1.09 bits per heavy atom. The van der Waals surface area contributed by atoms with Gasteiger partial charge in [-0.1, -0.05) is 48.8 Å². The Labute approximate surface area is 189 Å². The fourth-order valence-electron chi connectivity index (χ4n) is 3.27. The number of nitrogens with zero attached hydrogens (tertiary/aromatic N) is 1. The summed E-state index contributed by atoms with van der Waals surface area (Å²) in [7, 11) is 0. The molecule has 1 aliphatic rings. The lowest BCUT2D eigenvalue weighted by Gasteiger charge is -2.21. The van der Waals surface area contributed by atoms with Crippen molar-refractivity contribution in [3.05, 3.63) is 64.8 Å². The normalized spacial score (nSPS) is 13.1. The molecule has 4 rings (SSSR count). The number of rotatable bonds is 7. The van der Waals surface area contributed by atoms with Gasteiger partial charge in [0.15, 0.2) is 23.0 Å². The van der Waals surface area contributed by atoms with Gasteiger partial charge in [-0.15, -0.1) is 0 Å². The fourth-order valence-corrected chi connectivity index (χ4v) is 3.50. The number of hydrogen-bond donors (Lipinski definition) is 2. The van der Waals surface area contributed by atoms with Crippen molar-refractivity contribution in [1.29, 1.82) is 0 Å². The minimum atomic E-state index is -0.753. The highest BCUT2D eigenvalue weighted by molar-refractivity contribution is 6.33. The molecule has 0 saturated heterocycles. The van der Waals surface area contributed by atoms with E-state index in [-0.39, 0.29) is 30.9 Å². The summed E-state index contributed by atoms with van der Waals surface area (Å²) < 4.78 is 15.9. The predicted octanol–water partition coefficient (Wildman–Crippen LogP) is 3.79. The summed E-state index contributed by atoms with van der Waals surface area (Å²) in [5, 5.41) is 9.91. The van der Waals surface area contributed by atoms with Crippen molar-refractivity contribution < 1.29 is 23.6 Å². The number of aromatic nitrogens is 1. The molecule has 32 heavy (non-hydrogen) atoms. The van der Waals surface area contributed by atoms with Crippen molar-refractivity contribution in [3.63, 3.8) is 0 Å². The van der Waals surface area contributed by atoms with Crippen LogP contribution in [0.2, 0.25) is 5.02 Å². The first-order valence-electron chi connectivity index (χ1n) is 10.1. The highest BCUT2D eigenvalue weighted by Gasteiger charge is 2.26. The topological polar surface area (TPSA) is 103 Å². The smallest absolute Gasteiger partial charge is 0.274 e. The number of halogens is 1. The first-order valence-corrected chi connectivity index (χ1v) is 10.5. The Morgan fingerprint density at radius 2 is 1.88 bits per heavy atom. The molecule has 1 aromatic heterocycles. The van der Waals surface area contributed by atoms with Gasteiger partial charge in [0.2, 0.25) is 12.7 Å². The zero-order chi connectivity index (χ0) is 22.7. The zero-order valence-corrected chi connectivity index (χ0v) is 18.3. The standard InChI is InChI=1S/C23H22ClN3O5/c1-13(2)21(23(29)25-11-14-7-8-18-20(9-14)31-12-30-18)26-22(28)17-10-19(32-27-17)15-5-3-4-6-16(15)24/h3-10,13,21H,11-12H2,1-2H3,(H,25,29)(H,26,28). The molecule has 2 heterocycles. The summed E-state index contributed by atoms with van der Waals surface area (Å²) in [6.07, 6.45) is 0. The Bertz CT molecular complexity index is 1140. The van der Waals surface area contributed by atoms with E-state index in [1.165, 1.54) is 6.07 Å². The Kier molecular flexibility index (Phi) is 6.32. The molecule has 3 aromatic rings. The average Bonchev–Trinajstić information content (AvgIpc) is 3.45. The molecule has 2 N–H and O–H groups in total. The van der Waals surface area contributed by atoms with Crippen molar-refractivity contribution >= 4 is 23.4 Å². The highest BCUT2D eigenvalue weighted by atomic mass is 35.5. The third-order valence-corrected chi connectivity index (χ3v) is 5.35. The van der Waals surface area contributed by atoms with E-state index in [2.05, 4.69) is 15.8 Å². The molecule has 2 aromatic carbocycles. The van der Waals surface area contributed by atoms with E-state index in [9.17, 15) is 9.59 Å². The monoisotopic (exact) mass is 455 g/mol. The quantitative estimate of drug-likeness (QED) is 0.561. The van der Waals surface area contributed by atoms with Gasteiger partial charge in [0.1, 0.15) is 6.04 Å². The number of benzene rings is 2. The molecule has 0 bridgehead atoms. The third kappa shape index (κ3) is 4.70. The molecule has 1 atom stereocenters. The Morgan fingerprint density at radius 3 is 2.66 bits per heavy atom. The van der Waals surface area contributed by atoms with Crippen LogP contribution in [0, 0.1) is 5.92 Å². The number of carbonyl (C=O) groups excluding carboxylic acids is 2. The molecule has 8 nitrogen and oxygen atoms in total. The van der Waals surface area contributed by atoms with E-state index in [0.29, 0.717) is 27.8 Å². The minimum Gasteiger partial charge on any atom is -0.454 e. The average molecular weight is 456 g/mol. The van der Waals surface area contributed by atoms with E-state index in [1.54, 1.807) is 24.3 Å². The van der Waals surface area contributed by atoms with Crippen molar-refractivity contribution in [2.24, 2.45) is 5.92 Å². The molecule has 0 radical (unpaired) electrons. The van der Waals surface area contributed by atoms with Crippen LogP contribution in [0.25, 0.3) is 11.3 Å². The van der Waals surface area contributed by atoms with Crippen molar-refractivity contribution in [2.45, 2.75) is 26.4 Å². The number of amides is 2. The summed E-state index contributed by atoms with van der Waals surface area (Å²) in [5.74, 6) is 0.728. The van der Waals surface area contributed by atoms with Crippen LogP contribution in [0.4, 0.5) is 0 Å². The van der Waals surface area contributed by atoms with E-state index >= 15 is 0 Å². The lowest BCUT2D eigenvalue weighted by atomic mass is 10.0. The van der Waals surface area contributed by atoms with Crippen molar-refractivity contribution in [1.82, 2.24) is 15.8 Å². The van der Waals surface area contributed by atoms with Gasteiger partial charge < -0.3 is 24.6 Å². The van der Waals surface area contributed by atoms with Crippen molar-refractivity contribution in [2.75, 3.05) is 6.79 Å². The van der Waals surface area contributed by atoms with Crippen LogP contribution in [-0.2, 0) is 11.3 Å². The molecule has 9 heteroatoms. The Balaban J connectivity index is 1.40. The number of nitrogens with one attached hydrogen (secondary N) is 2. The third-order valence-electron chi connectivity index (χ3n) is 5.02. The molecule has 1 unspecified atom stereocenters. The first-order chi connectivity index (χ1) is 15.4. The summed E-state index contributed by atoms with van der Waals surface area (Å²) >= 11 is 6.18. The summed E-state index contributed by atoms with van der Waals surface area (Å²) in [5.41, 5.74) is 1.55. The van der Waals surface area contributed by atoms with Crippen LogP contribution < -0.4 is 20.1 Å². The van der Waals surface area contributed by atoms with Gasteiger partial charge in [-0.05, 0) is 35.7 Å². The largest absolute Gasteiger partial charge is 0.454 e. The van der Waals surface area contributed by atoms with E-state index < -0.39 is 11.9 Å². The van der Waals surface area contributed by atoms with E-state index in [1.807, 2.05) is 32.0 Å². The lowest BCUT2D eigenvalue weighted by Crippen LogP contribution is -2.49. The second-order valence-corrected chi connectivity index (χ2v) is 8.06. The number of hydrogen-bond acceptors (Lipinski definition) is 6. The molecule has 0 saturated carbocycles. The molecule has 0 fully saturated rings. The number of carbonyl (C=O) groups is 2. The second-order valence-electron chi connectivity index (χ2n) is 7.66. The van der Waals surface area contributed by atoms with Gasteiger partial charge in [0, 0.05) is 18.2 Å². The summed E-state index contributed by atoms with van der Waals surface area (Å²) in [4.78, 5) is 25.5.